The van der Waals surface area contributed by atoms with Crippen LogP contribution in [0, 0.1) is 0 Å². The molecular weight excluding hydrogens is 352 g/mol. The maximum atomic E-state index is 12.7. The minimum atomic E-state index is -0.0758. The molecule has 6 heteroatoms. The van der Waals surface area contributed by atoms with Crippen molar-refractivity contribution in [3.8, 4) is 0 Å². The molecule has 1 saturated heterocycles. The molecule has 28 heavy (non-hydrogen) atoms. The summed E-state index contributed by atoms with van der Waals surface area (Å²) in [6.07, 6.45) is 4.07. The molecule has 1 aromatic carbocycles. The molecule has 4 rings (SSSR count). The molecule has 1 aliphatic rings. The van der Waals surface area contributed by atoms with E-state index in [0.717, 1.165) is 48.4 Å². The lowest BCUT2D eigenvalue weighted by atomic mass is 10.2. The Bertz CT molecular complexity index is 952. The van der Waals surface area contributed by atoms with Crippen molar-refractivity contribution >= 4 is 22.6 Å². The van der Waals surface area contributed by atoms with E-state index in [2.05, 4.69) is 15.3 Å². The minimum Gasteiger partial charge on any atom is -0.376 e. The van der Waals surface area contributed by atoms with Crippen LogP contribution in [0.15, 0.2) is 54.7 Å². The number of carbonyl (C=O) groups is 1. The lowest BCUT2D eigenvalue weighted by molar-refractivity contribution is 0.0783. The monoisotopic (exact) mass is 376 g/mol. The molecule has 1 atom stereocenters. The highest BCUT2D eigenvalue weighted by atomic mass is 16.5. The minimum absolute atomic E-state index is 0.0758. The number of pyridine rings is 2. The average Bonchev–Trinajstić information content (AvgIpc) is 3.26. The highest BCUT2D eigenvalue weighted by Gasteiger charge is 2.16. The van der Waals surface area contributed by atoms with Crippen molar-refractivity contribution < 1.29 is 9.53 Å². The van der Waals surface area contributed by atoms with E-state index in [1.807, 2.05) is 42.5 Å². The molecular formula is C22H24N4O2. The van der Waals surface area contributed by atoms with Crippen molar-refractivity contribution in [2.75, 3.05) is 25.5 Å². The van der Waals surface area contributed by atoms with Crippen LogP contribution in [0.3, 0.4) is 0 Å². The van der Waals surface area contributed by atoms with Gasteiger partial charge in [0.15, 0.2) is 0 Å². The molecule has 0 radical (unpaired) electrons. The Morgan fingerprint density at radius 1 is 1.21 bits per heavy atom. The standard InChI is InChI=1S/C22H24N4O2/c1-26(15-18-10-8-16-5-2-3-7-20(16)25-18)22(27)17-9-11-21(23-13-17)24-14-19-6-4-12-28-19/h2-3,5,7-11,13,19H,4,6,12,14-15H2,1H3,(H,23,24)/t19-/m0/s1. The van der Waals surface area contributed by atoms with Gasteiger partial charge in [0.25, 0.3) is 5.91 Å². The molecule has 0 spiro atoms. The van der Waals surface area contributed by atoms with Gasteiger partial charge in [-0.05, 0) is 37.1 Å². The number of benzene rings is 1. The van der Waals surface area contributed by atoms with Crippen molar-refractivity contribution in [3.05, 3.63) is 66.0 Å². The van der Waals surface area contributed by atoms with Crippen molar-refractivity contribution in [1.82, 2.24) is 14.9 Å². The molecule has 1 fully saturated rings. The maximum absolute atomic E-state index is 12.7. The second-order valence-corrected chi connectivity index (χ2v) is 7.10. The third-order valence-electron chi connectivity index (χ3n) is 4.95. The number of hydrogen-bond acceptors (Lipinski definition) is 5. The summed E-state index contributed by atoms with van der Waals surface area (Å²) in [5.41, 5.74) is 2.35. The summed E-state index contributed by atoms with van der Waals surface area (Å²) in [4.78, 5) is 23.4. The van der Waals surface area contributed by atoms with Gasteiger partial charge in [-0.3, -0.25) is 9.78 Å². The molecule has 0 saturated carbocycles. The van der Waals surface area contributed by atoms with Crippen LogP contribution < -0.4 is 5.32 Å². The average molecular weight is 376 g/mol. The summed E-state index contributed by atoms with van der Waals surface area (Å²) in [5.74, 6) is 0.680. The third-order valence-corrected chi connectivity index (χ3v) is 4.95. The van der Waals surface area contributed by atoms with Gasteiger partial charge in [0.05, 0.1) is 29.4 Å². The summed E-state index contributed by atoms with van der Waals surface area (Å²) < 4.78 is 5.59. The van der Waals surface area contributed by atoms with Gasteiger partial charge in [-0.2, -0.15) is 0 Å². The number of fused-ring (bicyclic) bond motifs is 1. The first kappa shape index (κ1) is 18.4. The van der Waals surface area contributed by atoms with Crippen LogP contribution in [0.1, 0.15) is 28.9 Å². The van der Waals surface area contributed by atoms with E-state index in [0.29, 0.717) is 12.1 Å². The van der Waals surface area contributed by atoms with E-state index < -0.39 is 0 Å². The Morgan fingerprint density at radius 2 is 2.11 bits per heavy atom. The van der Waals surface area contributed by atoms with Crippen LogP contribution in [0.25, 0.3) is 10.9 Å². The number of ether oxygens (including phenoxy) is 1. The first-order valence-electron chi connectivity index (χ1n) is 9.61. The normalized spacial score (nSPS) is 16.2. The van der Waals surface area contributed by atoms with Crippen molar-refractivity contribution in [3.63, 3.8) is 0 Å². The van der Waals surface area contributed by atoms with Crippen LogP contribution in [0.4, 0.5) is 5.82 Å². The Balaban J connectivity index is 1.37. The highest BCUT2D eigenvalue weighted by Crippen LogP contribution is 2.15. The van der Waals surface area contributed by atoms with Crippen LogP contribution in [0.5, 0.6) is 0 Å². The fourth-order valence-electron chi connectivity index (χ4n) is 3.38. The van der Waals surface area contributed by atoms with Gasteiger partial charge in [0.1, 0.15) is 5.82 Å². The Kier molecular flexibility index (Phi) is 5.48. The molecule has 1 N–H and O–H groups in total. The van der Waals surface area contributed by atoms with E-state index in [1.54, 1.807) is 24.2 Å². The second kappa shape index (κ2) is 8.35. The number of para-hydroxylation sites is 1. The smallest absolute Gasteiger partial charge is 0.255 e. The van der Waals surface area contributed by atoms with E-state index in [4.69, 9.17) is 4.74 Å². The lowest BCUT2D eigenvalue weighted by Gasteiger charge is -2.17. The Labute approximate surface area is 164 Å². The Morgan fingerprint density at radius 3 is 2.89 bits per heavy atom. The van der Waals surface area contributed by atoms with E-state index >= 15 is 0 Å². The molecule has 3 heterocycles. The topological polar surface area (TPSA) is 67.4 Å². The summed E-state index contributed by atoms with van der Waals surface area (Å²) in [6.45, 7) is 2.03. The van der Waals surface area contributed by atoms with E-state index in [-0.39, 0.29) is 12.0 Å². The van der Waals surface area contributed by atoms with Crippen molar-refractivity contribution in [1.29, 1.82) is 0 Å². The highest BCUT2D eigenvalue weighted by molar-refractivity contribution is 5.93. The summed E-state index contributed by atoms with van der Waals surface area (Å²) in [5, 5.41) is 4.36. The number of aromatic nitrogens is 2. The van der Waals surface area contributed by atoms with Gasteiger partial charge >= 0.3 is 0 Å². The molecule has 144 valence electrons. The number of hydrogen-bond donors (Lipinski definition) is 1. The first-order valence-corrected chi connectivity index (χ1v) is 9.61. The molecule has 1 aliphatic heterocycles. The van der Waals surface area contributed by atoms with Crippen molar-refractivity contribution in [2.24, 2.45) is 0 Å². The lowest BCUT2D eigenvalue weighted by Crippen LogP contribution is -2.26. The molecule has 0 bridgehead atoms. The SMILES string of the molecule is CN(Cc1ccc2ccccc2n1)C(=O)c1ccc(NC[C@@H]2CCCO2)nc1. The van der Waals surface area contributed by atoms with Crippen LogP contribution in [-0.2, 0) is 11.3 Å². The predicted octanol–water partition coefficient (Wildman–Crippen LogP) is 3.49. The van der Waals surface area contributed by atoms with Crippen LogP contribution in [-0.4, -0.2) is 47.1 Å². The fraction of sp³-hybridized carbons (Fsp3) is 0.318. The number of nitrogens with one attached hydrogen (secondary N) is 1. The van der Waals surface area contributed by atoms with E-state index in [1.165, 1.54) is 0 Å². The van der Waals surface area contributed by atoms with Gasteiger partial charge in [-0.15, -0.1) is 0 Å². The fourth-order valence-corrected chi connectivity index (χ4v) is 3.38. The van der Waals surface area contributed by atoms with Gasteiger partial charge < -0.3 is 15.0 Å². The number of amides is 1. The third kappa shape index (κ3) is 4.28. The number of rotatable bonds is 6. The zero-order valence-corrected chi connectivity index (χ0v) is 16.0. The van der Waals surface area contributed by atoms with E-state index in [9.17, 15) is 4.79 Å². The summed E-state index contributed by atoms with van der Waals surface area (Å²) in [7, 11) is 1.78. The Hall–Kier alpha value is -2.99. The maximum Gasteiger partial charge on any atom is 0.255 e. The largest absolute Gasteiger partial charge is 0.376 e. The molecule has 6 nitrogen and oxygen atoms in total. The molecule has 2 aromatic heterocycles. The van der Waals surface area contributed by atoms with Gasteiger partial charge in [-0.25, -0.2) is 4.98 Å². The molecule has 1 amide bonds. The van der Waals surface area contributed by atoms with Gasteiger partial charge in [0, 0.05) is 31.8 Å². The second-order valence-electron chi connectivity index (χ2n) is 7.10. The summed E-state index contributed by atoms with van der Waals surface area (Å²) in [6, 6.07) is 15.6. The number of anilines is 1. The quantitative estimate of drug-likeness (QED) is 0.713. The first-order chi connectivity index (χ1) is 13.7. The summed E-state index contributed by atoms with van der Waals surface area (Å²) >= 11 is 0. The predicted molar refractivity (Wildman–Crippen MR) is 109 cm³/mol. The van der Waals surface area contributed by atoms with Gasteiger partial charge in [0.2, 0.25) is 0 Å². The zero-order valence-electron chi connectivity index (χ0n) is 16.0. The van der Waals surface area contributed by atoms with Gasteiger partial charge in [-0.1, -0.05) is 24.3 Å². The molecule has 0 unspecified atom stereocenters. The van der Waals surface area contributed by atoms with Crippen molar-refractivity contribution in [2.45, 2.75) is 25.5 Å². The molecule has 0 aliphatic carbocycles. The number of nitrogens with zero attached hydrogens (tertiary/aromatic N) is 3. The number of carbonyl (C=O) groups excluding carboxylic acids is 1. The van der Waals surface area contributed by atoms with Crippen LogP contribution >= 0.6 is 0 Å². The molecule has 3 aromatic rings. The van der Waals surface area contributed by atoms with Crippen LogP contribution in [0.2, 0.25) is 0 Å². The zero-order chi connectivity index (χ0) is 19.3.